The van der Waals surface area contributed by atoms with E-state index in [1.165, 1.54) is 0 Å². The molecule has 0 saturated carbocycles. The predicted octanol–water partition coefficient (Wildman–Crippen LogP) is 4.29. The Morgan fingerprint density at radius 3 is 2.32 bits per heavy atom. The second kappa shape index (κ2) is 5.56. The van der Waals surface area contributed by atoms with Crippen molar-refractivity contribution in [3.05, 3.63) is 53.6 Å². The fourth-order valence-corrected chi connectivity index (χ4v) is 2.60. The molecule has 112 valence electrons. The molecule has 3 rings (SSSR count). The number of aryl methyl sites for hydroxylation is 1. The first-order chi connectivity index (χ1) is 10.6. The first-order valence-electron chi connectivity index (χ1n) is 7.18. The van der Waals surface area contributed by atoms with Gasteiger partial charge < -0.3 is 14.7 Å². The van der Waals surface area contributed by atoms with E-state index >= 15 is 0 Å². The van der Waals surface area contributed by atoms with Gasteiger partial charge in [0.05, 0.1) is 0 Å². The molecule has 4 nitrogen and oxygen atoms in total. The molecule has 1 aromatic heterocycles. The number of benzene rings is 2. The molecule has 0 spiro atoms. The Morgan fingerprint density at radius 2 is 1.68 bits per heavy atom. The van der Waals surface area contributed by atoms with Crippen LogP contribution in [0.3, 0.4) is 0 Å². The van der Waals surface area contributed by atoms with Gasteiger partial charge in [0.1, 0.15) is 17.2 Å². The lowest BCUT2D eigenvalue weighted by Crippen LogP contribution is -1.89. The van der Waals surface area contributed by atoms with Gasteiger partial charge in [0, 0.05) is 16.7 Å². The SMILES string of the molecule is CCc1c(-c2ccc(O)cc2)noc1-c1ccc(O)cc1C. The first kappa shape index (κ1) is 14.2. The van der Waals surface area contributed by atoms with Gasteiger partial charge in [-0.1, -0.05) is 12.1 Å². The molecule has 0 aliphatic heterocycles. The summed E-state index contributed by atoms with van der Waals surface area (Å²) in [5.41, 5.74) is 4.56. The maximum absolute atomic E-state index is 9.55. The molecule has 22 heavy (non-hydrogen) atoms. The van der Waals surface area contributed by atoms with Crippen LogP contribution in [0.4, 0.5) is 0 Å². The summed E-state index contributed by atoms with van der Waals surface area (Å²) in [5, 5.41) is 23.2. The van der Waals surface area contributed by atoms with Gasteiger partial charge in [-0.05, 0) is 61.4 Å². The van der Waals surface area contributed by atoms with Crippen LogP contribution in [-0.2, 0) is 6.42 Å². The number of phenolic OH excluding ortho intramolecular Hbond substituents is 2. The zero-order valence-electron chi connectivity index (χ0n) is 12.5. The van der Waals surface area contributed by atoms with Crippen molar-refractivity contribution in [1.29, 1.82) is 0 Å². The van der Waals surface area contributed by atoms with Crippen molar-refractivity contribution in [2.45, 2.75) is 20.3 Å². The molecule has 0 aliphatic rings. The Labute approximate surface area is 128 Å². The summed E-state index contributed by atoms with van der Waals surface area (Å²) in [6, 6.07) is 12.1. The lowest BCUT2D eigenvalue weighted by atomic mass is 9.98. The van der Waals surface area contributed by atoms with Crippen molar-refractivity contribution in [2.24, 2.45) is 0 Å². The second-order valence-corrected chi connectivity index (χ2v) is 5.24. The summed E-state index contributed by atoms with van der Waals surface area (Å²) < 4.78 is 5.58. The van der Waals surface area contributed by atoms with E-state index in [4.69, 9.17) is 4.52 Å². The van der Waals surface area contributed by atoms with E-state index in [9.17, 15) is 10.2 Å². The van der Waals surface area contributed by atoms with E-state index in [0.29, 0.717) is 0 Å². The fourth-order valence-electron chi connectivity index (χ4n) is 2.60. The van der Waals surface area contributed by atoms with Crippen LogP contribution in [0, 0.1) is 6.92 Å². The molecule has 0 atom stereocenters. The van der Waals surface area contributed by atoms with Crippen LogP contribution >= 0.6 is 0 Å². The minimum atomic E-state index is 0.222. The highest BCUT2D eigenvalue weighted by Crippen LogP contribution is 2.35. The highest BCUT2D eigenvalue weighted by atomic mass is 16.5. The number of nitrogens with zero attached hydrogens (tertiary/aromatic N) is 1. The Hall–Kier alpha value is -2.75. The number of aromatic nitrogens is 1. The van der Waals surface area contributed by atoms with Crippen molar-refractivity contribution >= 4 is 0 Å². The highest BCUT2D eigenvalue weighted by molar-refractivity contribution is 5.74. The minimum absolute atomic E-state index is 0.222. The summed E-state index contributed by atoms with van der Waals surface area (Å²) in [4.78, 5) is 0. The molecule has 0 radical (unpaired) electrons. The Morgan fingerprint density at radius 1 is 1.00 bits per heavy atom. The maximum atomic E-state index is 9.55. The van der Waals surface area contributed by atoms with Crippen LogP contribution < -0.4 is 0 Å². The number of phenols is 2. The van der Waals surface area contributed by atoms with Crippen LogP contribution in [-0.4, -0.2) is 15.4 Å². The second-order valence-electron chi connectivity index (χ2n) is 5.24. The van der Waals surface area contributed by atoms with E-state index in [2.05, 4.69) is 12.1 Å². The monoisotopic (exact) mass is 295 g/mol. The van der Waals surface area contributed by atoms with Crippen molar-refractivity contribution in [1.82, 2.24) is 5.16 Å². The molecular formula is C18H17NO3. The normalized spacial score (nSPS) is 10.8. The number of rotatable bonds is 3. The van der Waals surface area contributed by atoms with Crippen molar-refractivity contribution in [3.63, 3.8) is 0 Å². The molecule has 2 aromatic carbocycles. The summed E-state index contributed by atoms with van der Waals surface area (Å²) in [6.45, 7) is 3.98. The third-order valence-corrected chi connectivity index (χ3v) is 3.74. The van der Waals surface area contributed by atoms with Gasteiger partial charge in [-0.2, -0.15) is 0 Å². The van der Waals surface area contributed by atoms with Gasteiger partial charge in [0.2, 0.25) is 0 Å². The summed E-state index contributed by atoms with van der Waals surface area (Å²) >= 11 is 0. The largest absolute Gasteiger partial charge is 0.508 e. The van der Waals surface area contributed by atoms with Crippen LogP contribution in [0.1, 0.15) is 18.1 Å². The Bertz CT molecular complexity index is 804. The van der Waals surface area contributed by atoms with Crippen molar-refractivity contribution in [3.8, 4) is 34.1 Å². The number of aromatic hydroxyl groups is 2. The van der Waals surface area contributed by atoms with E-state index in [-0.39, 0.29) is 11.5 Å². The Kier molecular flexibility index (Phi) is 3.59. The summed E-state index contributed by atoms with van der Waals surface area (Å²) in [6.07, 6.45) is 0.773. The van der Waals surface area contributed by atoms with E-state index < -0.39 is 0 Å². The van der Waals surface area contributed by atoms with Crippen molar-refractivity contribution in [2.75, 3.05) is 0 Å². The van der Waals surface area contributed by atoms with Crippen LogP contribution in [0.5, 0.6) is 11.5 Å². The molecule has 1 heterocycles. The quantitative estimate of drug-likeness (QED) is 0.756. The van der Waals surface area contributed by atoms with Gasteiger partial charge in [-0.3, -0.25) is 0 Å². The van der Waals surface area contributed by atoms with Gasteiger partial charge in [-0.25, -0.2) is 0 Å². The minimum Gasteiger partial charge on any atom is -0.508 e. The number of hydrogen-bond donors (Lipinski definition) is 2. The van der Waals surface area contributed by atoms with E-state index in [0.717, 1.165) is 40.1 Å². The topological polar surface area (TPSA) is 66.5 Å². The van der Waals surface area contributed by atoms with Gasteiger partial charge in [0.25, 0.3) is 0 Å². The zero-order chi connectivity index (χ0) is 15.7. The van der Waals surface area contributed by atoms with Crippen LogP contribution in [0.25, 0.3) is 22.6 Å². The average molecular weight is 295 g/mol. The average Bonchev–Trinajstić information content (AvgIpc) is 2.91. The summed E-state index contributed by atoms with van der Waals surface area (Å²) in [5.74, 6) is 1.18. The third-order valence-electron chi connectivity index (χ3n) is 3.74. The highest BCUT2D eigenvalue weighted by Gasteiger charge is 2.19. The first-order valence-corrected chi connectivity index (χ1v) is 7.18. The Balaban J connectivity index is 2.13. The standard InChI is InChI=1S/C18H17NO3/c1-3-15-17(12-4-6-13(20)7-5-12)19-22-18(15)16-9-8-14(21)10-11(16)2/h4-10,20-21H,3H2,1-2H3. The molecule has 3 aromatic rings. The van der Waals surface area contributed by atoms with Gasteiger partial charge >= 0.3 is 0 Å². The van der Waals surface area contributed by atoms with E-state index in [1.54, 1.807) is 24.3 Å². The fraction of sp³-hybridized carbons (Fsp3) is 0.167. The van der Waals surface area contributed by atoms with Gasteiger partial charge in [0.15, 0.2) is 5.76 Å². The van der Waals surface area contributed by atoms with Gasteiger partial charge in [-0.15, -0.1) is 0 Å². The van der Waals surface area contributed by atoms with Crippen LogP contribution in [0.15, 0.2) is 47.0 Å². The molecule has 0 saturated heterocycles. The molecule has 0 bridgehead atoms. The molecule has 0 amide bonds. The lowest BCUT2D eigenvalue weighted by molar-refractivity contribution is 0.433. The zero-order valence-corrected chi connectivity index (χ0v) is 12.5. The van der Waals surface area contributed by atoms with Crippen LogP contribution in [0.2, 0.25) is 0 Å². The smallest absolute Gasteiger partial charge is 0.170 e. The molecule has 0 unspecified atom stereocenters. The summed E-state index contributed by atoms with van der Waals surface area (Å²) in [7, 11) is 0. The van der Waals surface area contributed by atoms with Crippen molar-refractivity contribution < 1.29 is 14.7 Å². The van der Waals surface area contributed by atoms with E-state index in [1.807, 2.05) is 25.1 Å². The molecular weight excluding hydrogens is 278 g/mol. The molecule has 0 aliphatic carbocycles. The molecule has 0 fully saturated rings. The number of hydrogen-bond acceptors (Lipinski definition) is 4. The lowest BCUT2D eigenvalue weighted by Gasteiger charge is -2.05. The maximum Gasteiger partial charge on any atom is 0.170 e. The predicted molar refractivity (Wildman–Crippen MR) is 84.8 cm³/mol. The molecule has 4 heteroatoms. The molecule has 2 N–H and O–H groups in total. The third kappa shape index (κ3) is 2.44.